The SMILES string of the molecule is C[Si]1(C)c2cc(N(c3ccccc3)c3ccccc3)c3oc4ccccc4c3c2-c2ccc3c(c21)[Si](C)(C)c1cc(N(c2ccccc2)c2ccccc2)c2oc4ccccc4c2c1-3. The second-order valence-corrected chi connectivity index (χ2v) is 27.0. The van der Waals surface area contributed by atoms with Crippen molar-refractivity contribution in [3.8, 4) is 22.3 Å². The number of hydrogen-bond acceptors (Lipinski definition) is 4. The third kappa shape index (κ3) is 5.09. The summed E-state index contributed by atoms with van der Waals surface area (Å²) in [5.74, 6) is 0. The van der Waals surface area contributed by atoms with E-state index in [0.29, 0.717) is 0 Å². The zero-order chi connectivity index (χ0) is 42.9. The molecule has 0 bridgehead atoms. The summed E-state index contributed by atoms with van der Waals surface area (Å²) in [5, 5.41) is 10.8. The molecule has 6 heteroatoms. The van der Waals surface area contributed by atoms with E-state index in [0.717, 1.165) is 67.2 Å². The molecule has 2 aromatic heterocycles. The lowest BCUT2D eigenvalue weighted by atomic mass is 9.94. The van der Waals surface area contributed by atoms with Gasteiger partial charge in [0.05, 0.1) is 11.4 Å². The second kappa shape index (κ2) is 13.6. The van der Waals surface area contributed by atoms with Gasteiger partial charge in [0.25, 0.3) is 0 Å². The molecule has 0 unspecified atom stereocenters. The number of nitrogens with zero attached hydrogens (tertiary/aromatic N) is 2. The summed E-state index contributed by atoms with van der Waals surface area (Å²) in [6.45, 7) is 10.4. The van der Waals surface area contributed by atoms with Gasteiger partial charge in [0.15, 0.2) is 11.2 Å². The maximum atomic E-state index is 7.06. The number of para-hydroxylation sites is 6. The smallest absolute Gasteiger partial charge is 0.160 e. The Labute approximate surface area is 374 Å². The number of benzene rings is 9. The third-order valence-corrected chi connectivity index (χ3v) is 21.4. The maximum absolute atomic E-state index is 7.06. The Morgan fingerprint density at radius 3 is 1.02 bits per heavy atom. The van der Waals surface area contributed by atoms with E-state index in [2.05, 4.69) is 230 Å². The van der Waals surface area contributed by atoms with Crippen LogP contribution in [0.15, 0.2) is 203 Å². The summed E-state index contributed by atoms with van der Waals surface area (Å²) in [6, 6.07) is 70.2. The largest absolute Gasteiger partial charge is 0.454 e. The molecule has 0 spiro atoms. The van der Waals surface area contributed by atoms with Crippen molar-refractivity contribution in [1.29, 1.82) is 0 Å². The lowest BCUT2D eigenvalue weighted by molar-refractivity contribution is 0.669. The minimum atomic E-state index is -2.44. The monoisotopic (exact) mass is 856 g/mol. The highest BCUT2D eigenvalue weighted by atomic mass is 28.3. The van der Waals surface area contributed by atoms with E-state index in [-0.39, 0.29) is 0 Å². The van der Waals surface area contributed by atoms with Crippen LogP contribution in [-0.2, 0) is 0 Å². The Morgan fingerprint density at radius 2 is 0.672 bits per heavy atom. The van der Waals surface area contributed by atoms with Gasteiger partial charge in [-0.25, -0.2) is 0 Å². The highest BCUT2D eigenvalue weighted by Gasteiger charge is 2.50. The fraction of sp³-hybridized carbons (Fsp3) is 0.0690. The average Bonchev–Trinajstić information content (AvgIpc) is 4.04. The van der Waals surface area contributed by atoms with Crippen LogP contribution in [0.2, 0.25) is 26.2 Å². The van der Waals surface area contributed by atoms with Gasteiger partial charge in [0.1, 0.15) is 27.3 Å². The molecule has 306 valence electrons. The normalized spacial score (nSPS) is 14.2. The van der Waals surface area contributed by atoms with Crippen LogP contribution in [0.5, 0.6) is 0 Å². The van der Waals surface area contributed by atoms with Crippen molar-refractivity contribution in [2.75, 3.05) is 9.80 Å². The minimum absolute atomic E-state index is 0.910. The second-order valence-electron chi connectivity index (χ2n) is 18.4. The number of hydrogen-bond donors (Lipinski definition) is 0. The third-order valence-electron chi connectivity index (χ3n) is 14.1. The lowest BCUT2D eigenvalue weighted by Crippen LogP contribution is -2.63. The first-order valence-corrected chi connectivity index (χ1v) is 28.3. The molecule has 2 aliphatic rings. The first kappa shape index (κ1) is 37.2. The van der Waals surface area contributed by atoms with E-state index < -0.39 is 16.1 Å². The van der Waals surface area contributed by atoms with Crippen LogP contribution in [0.1, 0.15) is 0 Å². The molecule has 0 atom stereocenters. The van der Waals surface area contributed by atoms with E-state index in [1.165, 1.54) is 43.4 Å². The fourth-order valence-electron chi connectivity index (χ4n) is 11.4. The standard InChI is InChI=1S/C58H44N2O2Si2/c1-63(2)49-35-45(59(37-21-9-5-10-22-37)38-23-11-6-12-24-38)55-53(41-29-17-19-31-47(41)61-55)51(49)43-33-34-44-52-50(64(3,4)58(44)57(43)63)36-46(56-54(52)42-30-18-20-32-48(42)62-56)60(39-25-13-7-14-26-39)40-27-15-8-16-28-40/h5-36H,1-4H3. The van der Waals surface area contributed by atoms with E-state index in [9.17, 15) is 0 Å². The maximum Gasteiger partial charge on any atom is 0.160 e. The van der Waals surface area contributed by atoms with Crippen LogP contribution in [-0.4, -0.2) is 16.1 Å². The quantitative estimate of drug-likeness (QED) is 0.156. The van der Waals surface area contributed by atoms with Gasteiger partial charge in [-0.2, -0.15) is 0 Å². The molecule has 0 saturated carbocycles. The molecule has 13 rings (SSSR count). The topological polar surface area (TPSA) is 32.8 Å². The molecule has 4 nitrogen and oxygen atoms in total. The summed E-state index contributed by atoms with van der Waals surface area (Å²) in [7, 11) is -4.87. The van der Waals surface area contributed by atoms with Crippen LogP contribution < -0.4 is 30.5 Å². The molecule has 0 amide bonds. The van der Waals surface area contributed by atoms with Gasteiger partial charge in [-0.05, 0) is 116 Å². The minimum Gasteiger partial charge on any atom is -0.454 e. The molecule has 9 aromatic carbocycles. The Balaban J connectivity index is 1.11. The van der Waals surface area contributed by atoms with E-state index in [4.69, 9.17) is 8.83 Å². The Hall–Kier alpha value is -7.39. The summed E-state index contributed by atoms with van der Waals surface area (Å²) in [4.78, 5) is 4.79. The van der Waals surface area contributed by atoms with Gasteiger partial charge >= 0.3 is 0 Å². The molecule has 4 heterocycles. The summed E-state index contributed by atoms with van der Waals surface area (Å²) < 4.78 is 14.1. The summed E-state index contributed by atoms with van der Waals surface area (Å²) in [5.41, 5.74) is 15.6. The molecule has 0 radical (unpaired) electrons. The molecule has 0 saturated heterocycles. The highest BCUT2D eigenvalue weighted by Crippen LogP contribution is 2.50. The van der Waals surface area contributed by atoms with Crippen LogP contribution >= 0.6 is 0 Å². The molecule has 0 N–H and O–H groups in total. The zero-order valence-corrected chi connectivity index (χ0v) is 38.2. The Morgan fingerprint density at radius 1 is 0.359 bits per heavy atom. The van der Waals surface area contributed by atoms with Crippen molar-refractivity contribution in [2.45, 2.75) is 26.2 Å². The van der Waals surface area contributed by atoms with Crippen molar-refractivity contribution in [2.24, 2.45) is 0 Å². The molecule has 2 aliphatic heterocycles. The molecule has 64 heavy (non-hydrogen) atoms. The van der Waals surface area contributed by atoms with Crippen molar-refractivity contribution < 1.29 is 8.83 Å². The Kier molecular flexibility index (Phi) is 7.88. The highest BCUT2D eigenvalue weighted by molar-refractivity contribution is 7.13. The van der Waals surface area contributed by atoms with E-state index in [1.54, 1.807) is 10.4 Å². The number of rotatable bonds is 6. The zero-order valence-electron chi connectivity index (χ0n) is 36.2. The van der Waals surface area contributed by atoms with Crippen LogP contribution in [0.25, 0.3) is 66.1 Å². The summed E-state index contributed by atoms with van der Waals surface area (Å²) in [6.07, 6.45) is 0. The molecule has 11 aromatic rings. The van der Waals surface area contributed by atoms with Crippen LogP contribution in [0, 0.1) is 0 Å². The molecule has 0 fully saturated rings. The van der Waals surface area contributed by atoms with Gasteiger partial charge in [-0.3, -0.25) is 0 Å². The number of fused-ring (bicyclic) bond motifs is 15. The number of furan rings is 2. The van der Waals surface area contributed by atoms with Crippen molar-refractivity contribution in [3.63, 3.8) is 0 Å². The molecule has 0 aliphatic carbocycles. The predicted octanol–water partition coefficient (Wildman–Crippen LogP) is 14.0. The molecular formula is C58H44N2O2Si2. The fourth-order valence-corrected chi connectivity index (χ4v) is 19.9. The Bertz CT molecular complexity index is 3350. The van der Waals surface area contributed by atoms with Gasteiger partial charge in [-0.1, -0.05) is 148 Å². The van der Waals surface area contributed by atoms with Crippen molar-refractivity contribution in [1.82, 2.24) is 0 Å². The van der Waals surface area contributed by atoms with E-state index in [1.807, 2.05) is 0 Å². The van der Waals surface area contributed by atoms with Crippen LogP contribution in [0.3, 0.4) is 0 Å². The van der Waals surface area contributed by atoms with Gasteiger partial charge in [0.2, 0.25) is 0 Å². The number of anilines is 6. The summed E-state index contributed by atoms with van der Waals surface area (Å²) >= 11 is 0. The predicted molar refractivity (Wildman–Crippen MR) is 275 cm³/mol. The van der Waals surface area contributed by atoms with Gasteiger partial charge in [-0.15, -0.1) is 0 Å². The average molecular weight is 857 g/mol. The van der Waals surface area contributed by atoms with E-state index >= 15 is 0 Å². The first-order chi connectivity index (χ1) is 31.3. The first-order valence-electron chi connectivity index (χ1n) is 22.3. The lowest BCUT2D eigenvalue weighted by Gasteiger charge is -2.30. The van der Waals surface area contributed by atoms with Gasteiger partial charge < -0.3 is 18.6 Å². The van der Waals surface area contributed by atoms with Crippen LogP contribution in [0.4, 0.5) is 34.1 Å². The van der Waals surface area contributed by atoms with Crippen molar-refractivity contribution >= 4 is 115 Å². The molecular weight excluding hydrogens is 813 g/mol. The van der Waals surface area contributed by atoms with Gasteiger partial charge in [0, 0.05) is 44.3 Å². The van der Waals surface area contributed by atoms with Crippen molar-refractivity contribution in [3.05, 3.63) is 194 Å².